The van der Waals surface area contributed by atoms with E-state index in [2.05, 4.69) is 14.8 Å². The molecule has 0 unspecified atom stereocenters. The van der Waals surface area contributed by atoms with Crippen molar-refractivity contribution in [2.24, 2.45) is 0 Å². The summed E-state index contributed by atoms with van der Waals surface area (Å²) in [6.45, 7) is 5.52. The molecule has 6 nitrogen and oxygen atoms in total. The quantitative estimate of drug-likeness (QED) is 0.795. The smallest absolute Gasteiger partial charge is 0.278 e. The zero-order valence-corrected chi connectivity index (χ0v) is 14.1. The highest BCUT2D eigenvalue weighted by atomic mass is 32.2. The Kier molecular flexibility index (Phi) is 3.65. The summed E-state index contributed by atoms with van der Waals surface area (Å²) >= 11 is 1.36. The lowest BCUT2D eigenvalue weighted by atomic mass is 10.1. The second-order valence-corrected chi connectivity index (χ2v) is 7.74. The normalized spacial score (nSPS) is 12.0. The van der Waals surface area contributed by atoms with E-state index in [0.717, 1.165) is 17.0 Å². The molecule has 1 N–H and O–H groups in total. The summed E-state index contributed by atoms with van der Waals surface area (Å²) in [4.78, 5) is 4.86. The minimum absolute atomic E-state index is 0.0914. The number of fused-ring (bicyclic) bond motifs is 1. The van der Waals surface area contributed by atoms with E-state index in [9.17, 15) is 8.42 Å². The summed E-state index contributed by atoms with van der Waals surface area (Å²) in [5, 5.41) is 5.09. The minimum Gasteiger partial charge on any atom is -0.278 e. The number of sulfonamides is 1. The number of nitrogens with zero attached hydrogens (tertiary/aromatic N) is 3. The molecular weight excluding hydrogens is 320 g/mol. The fourth-order valence-corrected chi connectivity index (χ4v) is 4.46. The van der Waals surface area contributed by atoms with Crippen LogP contribution in [0.2, 0.25) is 0 Å². The van der Waals surface area contributed by atoms with E-state index in [1.54, 1.807) is 13.0 Å². The van der Waals surface area contributed by atoms with Gasteiger partial charge in [0.05, 0.1) is 5.69 Å². The standard InChI is InChI=1S/C14H16N4O2S2/c1-4-11-6-5-7-12(8-11)17-22(19,20)13-9(2)15-14-18(13)16-10(3)21-14/h5-8,17H,4H2,1-3H3. The van der Waals surface area contributed by atoms with Crippen molar-refractivity contribution in [3.63, 3.8) is 0 Å². The molecule has 0 saturated carbocycles. The Morgan fingerprint density at radius 3 is 2.82 bits per heavy atom. The monoisotopic (exact) mass is 336 g/mol. The first kappa shape index (κ1) is 15.0. The van der Waals surface area contributed by atoms with Crippen LogP contribution in [-0.4, -0.2) is 23.0 Å². The molecule has 0 aliphatic rings. The number of benzene rings is 1. The number of anilines is 1. The van der Waals surface area contributed by atoms with Crippen molar-refractivity contribution in [3.05, 3.63) is 40.5 Å². The largest absolute Gasteiger partial charge is 0.281 e. The lowest BCUT2D eigenvalue weighted by Crippen LogP contribution is -2.16. The number of imidazole rings is 1. The fourth-order valence-electron chi connectivity index (χ4n) is 2.29. The van der Waals surface area contributed by atoms with E-state index in [0.29, 0.717) is 16.3 Å². The first-order chi connectivity index (χ1) is 10.4. The number of nitrogens with one attached hydrogen (secondary N) is 1. The first-order valence-corrected chi connectivity index (χ1v) is 9.15. The number of rotatable bonds is 4. The molecular formula is C14H16N4O2S2. The Balaban J connectivity index is 2.06. The molecule has 22 heavy (non-hydrogen) atoms. The first-order valence-electron chi connectivity index (χ1n) is 6.85. The molecule has 0 amide bonds. The predicted octanol–water partition coefficient (Wildman–Crippen LogP) is 2.77. The zero-order chi connectivity index (χ0) is 15.9. The van der Waals surface area contributed by atoms with Crippen LogP contribution in [0.15, 0.2) is 29.3 Å². The van der Waals surface area contributed by atoms with E-state index in [1.165, 1.54) is 15.9 Å². The minimum atomic E-state index is -3.74. The summed E-state index contributed by atoms with van der Waals surface area (Å²) in [7, 11) is -3.74. The van der Waals surface area contributed by atoms with Crippen molar-refractivity contribution in [3.8, 4) is 0 Å². The third kappa shape index (κ3) is 2.59. The van der Waals surface area contributed by atoms with Crippen molar-refractivity contribution in [1.29, 1.82) is 0 Å². The summed E-state index contributed by atoms with van der Waals surface area (Å²) in [6, 6.07) is 7.36. The molecule has 8 heteroatoms. The van der Waals surface area contributed by atoms with Crippen LogP contribution in [0.5, 0.6) is 0 Å². The second kappa shape index (κ2) is 5.36. The average molecular weight is 336 g/mol. The maximum absolute atomic E-state index is 12.7. The van der Waals surface area contributed by atoms with Crippen LogP contribution in [0.1, 0.15) is 23.2 Å². The third-order valence-electron chi connectivity index (χ3n) is 3.27. The van der Waals surface area contributed by atoms with Gasteiger partial charge < -0.3 is 0 Å². The summed E-state index contributed by atoms with van der Waals surface area (Å²) in [6.07, 6.45) is 0.844. The molecule has 0 aliphatic carbocycles. The van der Waals surface area contributed by atoms with Gasteiger partial charge in [-0.15, -0.1) is 0 Å². The number of aromatic nitrogens is 3. The second-order valence-electron chi connectivity index (χ2n) is 4.98. The number of aryl methyl sites for hydroxylation is 3. The van der Waals surface area contributed by atoms with E-state index < -0.39 is 10.0 Å². The van der Waals surface area contributed by atoms with Crippen LogP contribution in [0, 0.1) is 13.8 Å². The molecule has 0 radical (unpaired) electrons. The van der Waals surface area contributed by atoms with Crippen molar-refractivity contribution >= 4 is 32.0 Å². The molecule has 3 rings (SSSR count). The molecule has 0 fully saturated rings. The SMILES string of the molecule is CCc1cccc(NS(=O)(=O)c2c(C)nc3sc(C)nn23)c1. The van der Waals surface area contributed by atoms with Gasteiger partial charge in [-0.05, 0) is 38.0 Å². The van der Waals surface area contributed by atoms with E-state index in [1.807, 2.05) is 32.0 Å². The van der Waals surface area contributed by atoms with E-state index in [4.69, 9.17) is 0 Å². The van der Waals surface area contributed by atoms with E-state index >= 15 is 0 Å². The fraction of sp³-hybridized carbons (Fsp3) is 0.286. The van der Waals surface area contributed by atoms with Crippen LogP contribution < -0.4 is 4.72 Å². The molecule has 1 aromatic carbocycles. The predicted molar refractivity (Wildman–Crippen MR) is 87.0 cm³/mol. The molecule has 3 aromatic rings. The van der Waals surface area contributed by atoms with Gasteiger partial charge in [-0.3, -0.25) is 4.72 Å². The van der Waals surface area contributed by atoms with Crippen LogP contribution >= 0.6 is 11.3 Å². The lowest BCUT2D eigenvalue weighted by Gasteiger charge is -2.08. The summed E-state index contributed by atoms with van der Waals surface area (Å²) in [5.41, 5.74) is 2.05. The average Bonchev–Trinajstić information content (AvgIpc) is 2.92. The van der Waals surface area contributed by atoms with Gasteiger partial charge in [0.2, 0.25) is 9.99 Å². The van der Waals surface area contributed by atoms with Crippen LogP contribution in [0.3, 0.4) is 0 Å². The Labute approximate surface area is 132 Å². The Hall–Kier alpha value is -1.93. The highest BCUT2D eigenvalue weighted by molar-refractivity contribution is 7.92. The molecule has 2 aromatic heterocycles. The highest BCUT2D eigenvalue weighted by Crippen LogP contribution is 2.24. The third-order valence-corrected chi connectivity index (χ3v) is 5.57. The number of hydrogen-bond acceptors (Lipinski definition) is 5. The van der Waals surface area contributed by atoms with Gasteiger partial charge in [0.25, 0.3) is 10.0 Å². The Morgan fingerprint density at radius 2 is 2.09 bits per heavy atom. The van der Waals surface area contributed by atoms with Gasteiger partial charge >= 0.3 is 0 Å². The van der Waals surface area contributed by atoms with Gasteiger partial charge in [0.15, 0.2) is 0 Å². The van der Waals surface area contributed by atoms with Crippen LogP contribution in [-0.2, 0) is 16.4 Å². The van der Waals surface area contributed by atoms with Gasteiger partial charge in [-0.25, -0.2) is 4.98 Å². The topological polar surface area (TPSA) is 76.4 Å². The zero-order valence-electron chi connectivity index (χ0n) is 12.5. The van der Waals surface area contributed by atoms with Crippen LogP contribution in [0.25, 0.3) is 4.96 Å². The molecule has 0 saturated heterocycles. The molecule has 116 valence electrons. The van der Waals surface area contributed by atoms with E-state index in [-0.39, 0.29) is 5.03 Å². The maximum Gasteiger partial charge on any atom is 0.281 e. The van der Waals surface area contributed by atoms with Gasteiger partial charge in [-0.2, -0.15) is 18.0 Å². The molecule has 0 bridgehead atoms. The highest BCUT2D eigenvalue weighted by Gasteiger charge is 2.25. The molecule has 2 heterocycles. The van der Waals surface area contributed by atoms with Gasteiger partial charge in [0, 0.05) is 5.69 Å². The maximum atomic E-state index is 12.7. The Bertz CT molecular complexity index is 941. The van der Waals surface area contributed by atoms with Gasteiger partial charge in [0.1, 0.15) is 5.01 Å². The lowest BCUT2D eigenvalue weighted by molar-refractivity contribution is 0.592. The summed E-state index contributed by atoms with van der Waals surface area (Å²) < 4.78 is 29.4. The van der Waals surface area contributed by atoms with Crippen molar-refractivity contribution < 1.29 is 8.42 Å². The van der Waals surface area contributed by atoms with Crippen molar-refractivity contribution in [2.75, 3.05) is 4.72 Å². The Morgan fingerprint density at radius 1 is 1.32 bits per heavy atom. The molecule has 0 spiro atoms. The summed E-state index contributed by atoms with van der Waals surface area (Å²) in [5.74, 6) is 0. The number of hydrogen-bond donors (Lipinski definition) is 1. The van der Waals surface area contributed by atoms with Crippen molar-refractivity contribution in [1.82, 2.24) is 14.6 Å². The van der Waals surface area contributed by atoms with Crippen molar-refractivity contribution in [2.45, 2.75) is 32.2 Å². The molecule has 0 atom stereocenters. The van der Waals surface area contributed by atoms with Gasteiger partial charge in [-0.1, -0.05) is 30.4 Å². The molecule has 0 aliphatic heterocycles. The van der Waals surface area contributed by atoms with Crippen LogP contribution in [0.4, 0.5) is 5.69 Å².